The first-order valence-corrected chi connectivity index (χ1v) is 22.4. The predicted octanol–water partition coefficient (Wildman–Crippen LogP) is 10.2. The van der Waals surface area contributed by atoms with Crippen molar-refractivity contribution in [1.29, 1.82) is 0 Å². The number of rotatable bonds is 14. The number of hydrogen-bond acceptors (Lipinski definition) is 10. The standard InChI is InChI=1S/C56H54N4O8/c1-11-35-13-17-37(18-14-35)51-53-31(3)39(21-25-47(61)65-7)43(57-53)29-45-41(23-27-49(63)67-9)33(5)55(59-45)52(38-19-15-36(12-2)16-20-38)56-34(6)42(24-28-50(64)68-10)46(60-56)30-44-40(22-26-48(62)66-8)32(4)54(51)58-44/h1-2,13-20,29-30,57-58H,21-28H2,3-10H3. The van der Waals surface area contributed by atoms with Crippen molar-refractivity contribution in [3.8, 4) is 46.9 Å². The number of nitrogens with one attached hydrogen (secondary N) is 2. The van der Waals surface area contributed by atoms with Crippen molar-refractivity contribution in [3.63, 3.8) is 0 Å². The molecule has 12 heteroatoms. The van der Waals surface area contributed by atoms with E-state index in [2.05, 4.69) is 21.8 Å². The fourth-order valence-electron chi connectivity index (χ4n) is 9.13. The summed E-state index contributed by atoms with van der Waals surface area (Å²) in [5.74, 6) is 3.98. The van der Waals surface area contributed by atoms with Gasteiger partial charge in [-0.25, -0.2) is 9.97 Å². The zero-order valence-corrected chi connectivity index (χ0v) is 39.7. The van der Waals surface area contributed by atoms with Crippen molar-refractivity contribution >= 4 is 68.2 Å². The zero-order chi connectivity index (χ0) is 48.8. The van der Waals surface area contributed by atoms with Gasteiger partial charge in [-0.3, -0.25) is 19.2 Å². The van der Waals surface area contributed by atoms with Crippen LogP contribution >= 0.6 is 0 Å². The Hall–Kier alpha value is -7.96. The number of benzene rings is 2. The van der Waals surface area contributed by atoms with E-state index in [0.717, 1.165) is 77.8 Å². The SMILES string of the molecule is C#Cc1ccc(-c2c3nc(cc4[nH]c(c(C)c4CCC(=O)OC)c(-c4ccc(C#C)cc4)c4[nH]c(cc5nc2C(C)=C5CCC(=O)OC)c(CCC(=O)OC)c4C)C(CCC(=O)OC)=C3C)cc1. The fraction of sp³-hybridized carbons (Fsp3) is 0.286. The van der Waals surface area contributed by atoms with Crippen molar-refractivity contribution in [1.82, 2.24) is 19.9 Å². The van der Waals surface area contributed by atoms with Gasteiger partial charge in [-0.2, -0.15) is 0 Å². The van der Waals surface area contributed by atoms with E-state index >= 15 is 0 Å². The lowest BCUT2D eigenvalue weighted by Crippen LogP contribution is -2.02. The lowest BCUT2D eigenvalue weighted by molar-refractivity contribution is -0.141. The number of aromatic amines is 2. The number of methoxy groups -OCH3 is 4. The average molecular weight is 911 g/mol. The number of nitrogens with zero attached hydrogens (tertiary/aromatic N) is 2. The van der Waals surface area contributed by atoms with E-state index in [9.17, 15) is 19.2 Å². The number of aryl methyl sites for hydroxylation is 4. The molecule has 0 unspecified atom stereocenters. The molecule has 8 bridgehead atoms. The van der Waals surface area contributed by atoms with Crippen LogP contribution < -0.4 is 0 Å². The molecule has 0 aliphatic carbocycles. The van der Waals surface area contributed by atoms with Crippen LogP contribution in [-0.2, 0) is 51.0 Å². The van der Waals surface area contributed by atoms with Crippen molar-refractivity contribution in [2.75, 3.05) is 28.4 Å². The van der Waals surface area contributed by atoms with Gasteiger partial charge in [-0.15, -0.1) is 12.8 Å². The number of terminal acetylenes is 2. The Morgan fingerprint density at radius 1 is 0.515 bits per heavy atom. The third-order valence-electron chi connectivity index (χ3n) is 13.0. The van der Waals surface area contributed by atoms with Gasteiger partial charge in [0.2, 0.25) is 0 Å². The molecule has 12 nitrogen and oxygen atoms in total. The number of ether oxygens (including phenoxy) is 4. The number of aromatic nitrogens is 4. The summed E-state index contributed by atoms with van der Waals surface area (Å²) in [6.45, 7) is 8.03. The average Bonchev–Trinajstić information content (AvgIpc) is 4.04. The Labute approximate surface area is 396 Å². The van der Waals surface area contributed by atoms with E-state index < -0.39 is 0 Å². The van der Waals surface area contributed by atoms with Gasteiger partial charge in [0.15, 0.2) is 0 Å². The minimum atomic E-state index is -0.368. The molecule has 2 N–H and O–H groups in total. The van der Waals surface area contributed by atoms with E-state index in [4.69, 9.17) is 41.8 Å². The lowest BCUT2D eigenvalue weighted by atomic mass is 9.92. The van der Waals surface area contributed by atoms with Crippen LogP contribution in [0, 0.1) is 38.5 Å². The number of fused-ring (bicyclic) bond motifs is 8. The van der Waals surface area contributed by atoms with Crippen LogP contribution in [-0.4, -0.2) is 72.3 Å². The molecule has 346 valence electrons. The van der Waals surface area contributed by atoms with Gasteiger partial charge in [0.25, 0.3) is 0 Å². The van der Waals surface area contributed by atoms with Gasteiger partial charge in [0, 0.05) is 59.0 Å². The maximum Gasteiger partial charge on any atom is 0.305 e. The molecule has 0 amide bonds. The summed E-state index contributed by atoms with van der Waals surface area (Å²) < 4.78 is 20.5. The molecule has 5 aromatic rings. The first-order valence-electron chi connectivity index (χ1n) is 22.4. The molecular weight excluding hydrogens is 857 g/mol. The molecule has 0 fully saturated rings. The van der Waals surface area contributed by atoms with Gasteiger partial charge < -0.3 is 28.9 Å². The largest absolute Gasteiger partial charge is 0.469 e. The van der Waals surface area contributed by atoms with Gasteiger partial charge >= 0.3 is 23.9 Å². The number of carbonyl (C=O) groups is 4. The van der Waals surface area contributed by atoms with Gasteiger partial charge in [0.05, 0.1) is 62.2 Å². The van der Waals surface area contributed by atoms with Crippen LogP contribution in [0.1, 0.15) is 109 Å². The second kappa shape index (κ2) is 20.7. The quantitative estimate of drug-likeness (QED) is 0.0623. The topological polar surface area (TPSA) is 163 Å². The molecular formula is C56H54N4O8. The van der Waals surface area contributed by atoms with Gasteiger partial charge in [-0.05, 0) is 145 Å². The Morgan fingerprint density at radius 2 is 0.853 bits per heavy atom. The lowest BCUT2D eigenvalue weighted by Gasteiger charge is -2.11. The third-order valence-corrected chi connectivity index (χ3v) is 13.0. The van der Waals surface area contributed by atoms with E-state index in [-0.39, 0.29) is 49.6 Å². The summed E-state index contributed by atoms with van der Waals surface area (Å²) in [5, 5.41) is 0. The van der Waals surface area contributed by atoms with E-state index in [1.807, 2.05) is 88.4 Å². The highest BCUT2D eigenvalue weighted by Gasteiger charge is 2.28. The van der Waals surface area contributed by atoms with E-state index in [1.54, 1.807) is 0 Å². The number of esters is 4. The molecule has 0 spiro atoms. The van der Waals surface area contributed by atoms with Crippen LogP contribution in [0.25, 0.3) is 66.6 Å². The second-order valence-corrected chi connectivity index (χ2v) is 16.7. The smallest absolute Gasteiger partial charge is 0.305 e. The van der Waals surface area contributed by atoms with E-state index in [0.29, 0.717) is 70.6 Å². The second-order valence-electron chi connectivity index (χ2n) is 16.7. The van der Waals surface area contributed by atoms with Crippen molar-refractivity contribution in [3.05, 3.63) is 117 Å². The predicted molar refractivity (Wildman–Crippen MR) is 265 cm³/mol. The maximum atomic E-state index is 12.8. The minimum absolute atomic E-state index is 0.0995. The minimum Gasteiger partial charge on any atom is -0.469 e. The van der Waals surface area contributed by atoms with Crippen LogP contribution in [0.4, 0.5) is 0 Å². The summed E-state index contributed by atoms with van der Waals surface area (Å²) >= 11 is 0. The normalized spacial score (nSPS) is 12.1. The molecule has 3 aromatic heterocycles. The summed E-state index contributed by atoms with van der Waals surface area (Å²) in [6.07, 6.45) is 13.4. The zero-order valence-electron chi connectivity index (χ0n) is 39.7. The molecule has 2 aliphatic heterocycles. The Bertz CT molecular complexity index is 3030. The van der Waals surface area contributed by atoms with Crippen LogP contribution in [0.3, 0.4) is 0 Å². The Balaban J connectivity index is 1.75. The first-order chi connectivity index (χ1) is 32.7. The highest BCUT2D eigenvalue weighted by molar-refractivity contribution is 6.04. The van der Waals surface area contributed by atoms with Crippen LogP contribution in [0.5, 0.6) is 0 Å². The Morgan fingerprint density at radius 3 is 1.19 bits per heavy atom. The highest BCUT2D eigenvalue weighted by Crippen LogP contribution is 2.45. The van der Waals surface area contributed by atoms with Crippen molar-refractivity contribution in [2.45, 2.75) is 79.1 Å². The van der Waals surface area contributed by atoms with Gasteiger partial charge in [-0.1, -0.05) is 36.1 Å². The third kappa shape index (κ3) is 9.63. The van der Waals surface area contributed by atoms with Crippen molar-refractivity contribution < 1.29 is 38.1 Å². The Kier molecular flexibility index (Phi) is 14.6. The number of allylic oxidation sites excluding steroid dienone is 4. The fourth-order valence-corrected chi connectivity index (χ4v) is 9.13. The first kappa shape index (κ1) is 48.0. The molecule has 68 heavy (non-hydrogen) atoms. The monoisotopic (exact) mass is 910 g/mol. The molecule has 0 saturated heterocycles. The molecule has 2 aliphatic rings. The van der Waals surface area contributed by atoms with Crippen LogP contribution in [0.2, 0.25) is 0 Å². The molecule has 0 saturated carbocycles. The molecule has 0 atom stereocenters. The van der Waals surface area contributed by atoms with Crippen LogP contribution in [0.15, 0.2) is 60.7 Å². The summed E-state index contributed by atoms with van der Waals surface area (Å²) in [5.41, 5.74) is 16.9. The molecule has 2 aromatic carbocycles. The maximum absolute atomic E-state index is 12.8. The van der Waals surface area contributed by atoms with E-state index in [1.165, 1.54) is 28.4 Å². The summed E-state index contributed by atoms with van der Waals surface area (Å²) in [7, 11) is 5.48. The molecule has 7 rings (SSSR count). The molecule has 5 heterocycles. The van der Waals surface area contributed by atoms with Crippen molar-refractivity contribution in [2.24, 2.45) is 0 Å². The number of carbonyl (C=O) groups excluding carboxylic acids is 4. The summed E-state index contributed by atoms with van der Waals surface area (Å²) in [4.78, 5) is 69.7. The highest BCUT2D eigenvalue weighted by atomic mass is 16.5. The van der Waals surface area contributed by atoms with Gasteiger partial charge in [0.1, 0.15) is 0 Å². The molecule has 0 radical (unpaired) electrons. The number of hydrogen-bond donors (Lipinski definition) is 2. The number of H-pyrrole nitrogens is 2. The summed E-state index contributed by atoms with van der Waals surface area (Å²) in [6, 6.07) is 19.3.